The average Bonchev–Trinajstić information content (AvgIpc) is 2.26. The molecule has 3 heteroatoms. The molecule has 1 rings (SSSR count). The smallest absolute Gasteiger partial charge is 0.120 e. The topological polar surface area (TPSA) is 21.3 Å². The summed E-state index contributed by atoms with van der Waals surface area (Å²) in [6.07, 6.45) is 1.03. The summed E-state index contributed by atoms with van der Waals surface area (Å²) in [5, 5.41) is 3.56. The minimum atomic E-state index is 0.169. The number of halogens is 1. The third kappa shape index (κ3) is 7.58. The van der Waals surface area contributed by atoms with Crippen LogP contribution in [0.25, 0.3) is 0 Å². The normalized spacial score (nSPS) is 12.5. The summed E-state index contributed by atoms with van der Waals surface area (Å²) in [6.45, 7) is 12.9. The van der Waals surface area contributed by atoms with Crippen LogP contribution in [0, 0.1) is 5.41 Å². The minimum absolute atomic E-state index is 0.169. The van der Waals surface area contributed by atoms with Crippen molar-refractivity contribution in [2.75, 3.05) is 13.2 Å². The molecule has 1 N–H and O–H groups in total. The lowest BCUT2D eigenvalue weighted by molar-refractivity contribution is 0.209. The van der Waals surface area contributed by atoms with E-state index in [1.807, 2.05) is 24.3 Å². The second-order valence-electron chi connectivity index (χ2n) is 6.82. The molecule has 108 valence electrons. The first-order valence-electron chi connectivity index (χ1n) is 6.81. The van der Waals surface area contributed by atoms with E-state index in [1.54, 1.807) is 0 Å². The summed E-state index contributed by atoms with van der Waals surface area (Å²) in [4.78, 5) is 0. The molecule has 0 aliphatic carbocycles. The summed E-state index contributed by atoms with van der Waals surface area (Å²) in [5.41, 5.74) is 0.404. The van der Waals surface area contributed by atoms with Crippen LogP contribution in [0.2, 0.25) is 0 Å². The van der Waals surface area contributed by atoms with E-state index in [0.717, 1.165) is 29.8 Å². The highest BCUT2D eigenvalue weighted by Crippen LogP contribution is 2.22. The van der Waals surface area contributed by atoms with E-state index in [2.05, 4.69) is 55.9 Å². The highest BCUT2D eigenvalue weighted by atomic mass is 79.9. The van der Waals surface area contributed by atoms with Gasteiger partial charge in [-0.2, -0.15) is 0 Å². The van der Waals surface area contributed by atoms with Gasteiger partial charge >= 0.3 is 0 Å². The highest BCUT2D eigenvalue weighted by molar-refractivity contribution is 9.10. The maximum atomic E-state index is 5.80. The molecular weight excluding hydrogens is 302 g/mol. The Bertz CT molecular complexity index is 396. The number of nitrogens with one attached hydrogen (secondary N) is 1. The summed E-state index contributed by atoms with van der Waals surface area (Å²) < 4.78 is 6.85. The molecule has 0 unspecified atom stereocenters. The number of rotatable bonds is 6. The fourth-order valence-electron chi connectivity index (χ4n) is 1.59. The Morgan fingerprint density at radius 2 is 1.84 bits per heavy atom. The molecule has 0 saturated heterocycles. The van der Waals surface area contributed by atoms with Gasteiger partial charge in [-0.05, 0) is 50.8 Å². The maximum absolute atomic E-state index is 5.80. The van der Waals surface area contributed by atoms with E-state index in [-0.39, 0.29) is 11.0 Å². The lowest BCUT2D eigenvalue weighted by Crippen LogP contribution is -2.42. The quantitative estimate of drug-likeness (QED) is 0.822. The van der Waals surface area contributed by atoms with Crippen molar-refractivity contribution < 1.29 is 4.74 Å². The van der Waals surface area contributed by atoms with Crippen LogP contribution in [0.1, 0.15) is 41.0 Å². The van der Waals surface area contributed by atoms with Gasteiger partial charge in [-0.25, -0.2) is 0 Å². The number of ether oxygens (including phenoxy) is 1. The summed E-state index contributed by atoms with van der Waals surface area (Å²) in [6, 6.07) is 7.99. The third-order valence-corrected chi connectivity index (χ3v) is 3.43. The molecule has 0 spiro atoms. The molecule has 0 amide bonds. The molecule has 1 aromatic rings. The number of hydrogen-bond acceptors (Lipinski definition) is 2. The van der Waals surface area contributed by atoms with E-state index in [0.29, 0.717) is 0 Å². The zero-order chi connectivity index (χ0) is 14.5. The van der Waals surface area contributed by atoms with Crippen molar-refractivity contribution in [1.82, 2.24) is 5.32 Å². The largest absolute Gasteiger partial charge is 0.494 e. The van der Waals surface area contributed by atoms with Gasteiger partial charge in [0.05, 0.1) is 6.61 Å². The highest BCUT2D eigenvalue weighted by Gasteiger charge is 2.20. The first-order chi connectivity index (χ1) is 8.68. The molecule has 0 saturated carbocycles. The predicted octanol–water partition coefficient (Wildman–Crippen LogP) is 4.63. The van der Waals surface area contributed by atoms with Crippen LogP contribution >= 0.6 is 15.9 Å². The summed E-state index contributed by atoms with van der Waals surface area (Å²) >= 11 is 3.45. The van der Waals surface area contributed by atoms with Crippen molar-refractivity contribution in [2.45, 2.75) is 46.6 Å². The molecule has 1 aromatic carbocycles. The van der Waals surface area contributed by atoms with Gasteiger partial charge in [0.15, 0.2) is 0 Å². The van der Waals surface area contributed by atoms with E-state index in [1.165, 1.54) is 0 Å². The molecule has 0 bridgehead atoms. The molecular formula is C16H26BrNO. The van der Waals surface area contributed by atoms with E-state index >= 15 is 0 Å². The van der Waals surface area contributed by atoms with Crippen LogP contribution in [-0.2, 0) is 0 Å². The van der Waals surface area contributed by atoms with Crippen LogP contribution in [0.4, 0.5) is 0 Å². The second-order valence-corrected chi connectivity index (χ2v) is 7.74. The first kappa shape index (κ1) is 16.5. The summed E-state index contributed by atoms with van der Waals surface area (Å²) in [7, 11) is 0. The molecule has 0 radical (unpaired) electrons. The molecule has 0 atom stereocenters. The molecule has 0 heterocycles. The Balaban J connectivity index is 2.35. The Hall–Kier alpha value is -0.540. The Morgan fingerprint density at radius 3 is 2.42 bits per heavy atom. The van der Waals surface area contributed by atoms with Crippen molar-refractivity contribution in [2.24, 2.45) is 5.41 Å². The van der Waals surface area contributed by atoms with Crippen molar-refractivity contribution in [3.63, 3.8) is 0 Å². The third-order valence-electron chi connectivity index (χ3n) is 2.94. The van der Waals surface area contributed by atoms with Crippen LogP contribution in [0.15, 0.2) is 28.7 Å². The molecule has 0 fully saturated rings. The number of hydrogen-bond donors (Lipinski definition) is 1. The second kappa shape index (κ2) is 6.76. The SMILES string of the molecule is CC(C)(CCOc1cccc(Br)c1)CNC(C)(C)C. The number of benzene rings is 1. The van der Waals surface area contributed by atoms with E-state index in [4.69, 9.17) is 4.74 Å². The fourth-order valence-corrected chi connectivity index (χ4v) is 1.97. The van der Waals surface area contributed by atoms with Gasteiger partial charge in [-0.3, -0.25) is 0 Å². The molecule has 0 aliphatic rings. The molecule has 0 aromatic heterocycles. The van der Waals surface area contributed by atoms with Crippen LogP contribution < -0.4 is 10.1 Å². The van der Waals surface area contributed by atoms with Crippen molar-refractivity contribution in [3.05, 3.63) is 28.7 Å². The van der Waals surface area contributed by atoms with Gasteiger partial charge < -0.3 is 10.1 Å². The minimum Gasteiger partial charge on any atom is -0.494 e. The van der Waals surface area contributed by atoms with Gasteiger partial charge in [0.1, 0.15) is 5.75 Å². The standard InChI is InChI=1S/C16H26BrNO/c1-15(2,3)18-12-16(4,5)9-10-19-14-8-6-7-13(17)11-14/h6-8,11,18H,9-10,12H2,1-5H3. The van der Waals surface area contributed by atoms with Crippen molar-refractivity contribution in [1.29, 1.82) is 0 Å². The molecule has 19 heavy (non-hydrogen) atoms. The Labute approximate surface area is 126 Å². The zero-order valence-corrected chi connectivity index (χ0v) is 14.3. The Morgan fingerprint density at radius 1 is 1.16 bits per heavy atom. The monoisotopic (exact) mass is 327 g/mol. The van der Waals surface area contributed by atoms with Crippen LogP contribution in [-0.4, -0.2) is 18.7 Å². The van der Waals surface area contributed by atoms with Gasteiger partial charge in [0, 0.05) is 16.6 Å². The van der Waals surface area contributed by atoms with Gasteiger partial charge in [-0.15, -0.1) is 0 Å². The zero-order valence-electron chi connectivity index (χ0n) is 12.7. The molecule has 0 aliphatic heterocycles. The van der Waals surface area contributed by atoms with Gasteiger partial charge in [-0.1, -0.05) is 35.8 Å². The van der Waals surface area contributed by atoms with E-state index in [9.17, 15) is 0 Å². The lowest BCUT2D eigenvalue weighted by Gasteiger charge is -2.30. The Kier molecular flexibility index (Phi) is 5.87. The van der Waals surface area contributed by atoms with E-state index < -0.39 is 0 Å². The summed E-state index contributed by atoms with van der Waals surface area (Å²) in [5.74, 6) is 0.925. The van der Waals surface area contributed by atoms with Crippen LogP contribution in [0.3, 0.4) is 0 Å². The molecule has 2 nitrogen and oxygen atoms in total. The average molecular weight is 328 g/mol. The fraction of sp³-hybridized carbons (Fsp3) is 0.625. The first-order valence-corrected chi connectivity index (χ1v) is 7.61. The van der Waals surface area contributed by atoms with Gasteiger partial charge in [0.25, 0.3) is 0 Å². The predicted molar refractivity (Wildman–Crippen MR) is 85.8 cm³/mol. The maximum Gasteiger partial charge on any atom is 0.120 e. The lowest BCUT2D eigenvalue weighted by atomic mass is 9.88. The van der Waals surface area contributed by atoms with Crippen molar-refractivity contribution >= 4 is 15.9 Å². The van der Waals surface area contributed by atoms with Gasteiger partial charge in [0.2, 0.25) is 0 Å². The van der Waals surface area contributed by atoms with Crippen molar-refractivity contribution in [3.8, 4) is 5.75 Å². The van der Waals surface area contributed by atoms with Crippen LogP contribution in [0.5, 0.6) is 5.75 Å².